The Morgan fingerprint density at radius 2 is 2.21 bits per heavy atom. The van der Waals surface area contributed by atoms with Gasteiger partial charge in [0.25, 0.3) is 0 Å². The minimum atomic E-state index is -0.346. The van der Waals surface area contributed by atoms with Crippen LogP contribution in [-0.2, 0) is 6.42 Å². The molecule has 0 aliphatic carbocycles. The van der Waals surface area contributed by atoms with Crippen molar-refractivity contribution in [3.05, 3.63) is 33.0 Å². The summed E-state index contributed by atoms with van der Waals surface area (Å²) in [5.41, 5.74) is 6.21. The lowest BCUT2D eigenvalue weighted by molar-refractivity contribution is 0.589. The fourth-order valence-corrected chi connectivity index (χ4v) is 1.85. The second kappa shape index (κ2) is 5.10. The molecule has 0 radical (unpaired) electrons. The lowest BCUT2D eigenvalue weighted by atomic mass is 10.1. The summed E-state index contributed by atoms with van der Waals surface area (Å²) in [5.74, 6) is -0.346. The smallest absolute Gasteiger partial charge is 0.146 e. The van der Waals surface area contributed by atoms with Crippen LogP contribution in [0.25, 0.3) is 0 Å². The number of rotatable bonds is 3. The van der Waals surface area contributed by atoms with Gasteiger partial charge in [0.1, 0.15) is 5.82 Å². The molecule has 78 valence electrons. The third-order valence-corrected chi connectivity index (χ3v) is 3.02. The average Bonchev–Trinajstić information content (AvgIpc) is 2.11. The first-order valence-corrected chi connectivity index (χ1v) is 5.57. The highest BCUT2D eigenvalue weighted by molar-refractivity contribution is 9.10. The van der Waals surface area contributed by atoms with Crippen molar-refractivity contribution in [3.8, 4) is 0 Å². The zero-order valence-electron chi connectivity index (χ0n) is 7.86. The molecule has 0 aliphatic rings. The molecule has 0 fully saturated rings. The van der Waals surface area contributed by atoms with Gasteiger partial charge in [0, 0.05) is 16.1 Å². The number of hydrogen-bond acceptors (Lipinski definition) is 1. The van der Waals surface area contributed by atoms with Crippen LogP contribution in [0.4, 0.5) is 4.39 Å². The maximum Gasteiger partial charge on any atom is 0.146 e. The summed E-state index contributed by atoms with van der Waals surface area (Å²) in [6.07, 6.45) is 1.35. The van der Waals surface area contributed by atoms with Crippen LogP contribution >= 0.6 is 27.5 Å². The quantitative estimate of drug-likeness (QED) is 0.842. The molecule has 2 N–H and O–H groups in total. The SMILES string of the molecule is CC(N)CCc1c(Br)ccc(Cl)c1F. The lowest BCUT2D eigenvalue weighted by Gasteiger charge is -2.09. The summed E-state index contributed by atoms with van der Waals surface area (Å²) in [5, 5.41) is 0.160. The molecule has 1 rings (SSSR count). The molecule has 0 saturated carbocycles. The monoisotopic (exact) mass is 279 g/mol. The Balaban J connectivity index is 2.89. The Hall–Kier alpha value is -0.120. The van der Waals surface area contributed by atoms with Gasteiger partial charge in [-0.3, -0.25) is 0 Å². The topological polar surface area (TPSA) is 26.0 Å². The molecule has 14 heavy (non-hydrogen) atoms. The van der Waals surface area contributed by atoms with Crippen molar-refractivity contribution in [2.24, 2.45) is 5.73 Å². The van der Waals surface area contributed by atoms with E-state index in [1.54, 1.807) is 6.07 Å². The Morgan fingerprint density at radius 1 is 1.57 bits per heavy atom. The van der Waals surface area contributed by atoms with E-state index in [2.05, 4.69) is 15.9 Å². The van der Waals surface area contributed by atoms with Crippen molar-refractivity contribution in [2.75, 3.05) is 0 Å². The van der Waals surface area contributed by atoms with Gasteiger partial charge in [-0.2, -0.15) is 0 Å². The van der Waals surface area contributed by atoms with Crippen molar-refractivity contribution in [1.29, 1.82) is 0 Å². The zero-order valence-corrected chi connectivity index (χ0v) is 10.2. The molecule has 0 bridgehead atoms. The van der Waals surface area contributed by atoms with E-state index in [1.165, 1.54) is 6.07 Å². The molecule has 0 heterocycles. The third kappa shape index (κ3) is 2.94. The largest absolute Gasteiger partial charge is 0.328 e. The molecule has 1 aromatic carbocycles. The second-order valence-electron chi connectivity index (χ2n) is 3.34. The van der Waals surface area contributed by atoms with Gasteiger partial charge in [0.2, 0.25) is 0 Å². The molecule has 1 nitrogen and oxygen atoms in total. The van der Waals surface area contributed by atoms with E-state index in [-0.39, 0.29) is 16.9 Å². The van der Waals surface area contributed by atoms with Crippen molar-refractivity contribution in [1.82, 2.24) is 0 Å². The van der Waals surface area contributed by atoms with Crippen LogP contribution in [0.3, 0.4) is 0 Å². The van der Waals surface area contributed by atoms with Crippen LogP contribution in [0, 0.1) is 5.82 Å². The Kier molecular flexibility index (Phi) is 4.35. The second-order valence-corrected chi connectivity index (χ2v) is 4.60. The van der Waals surface area contributed by atoms with Crippen LogP contribution in [0.15, 0.2) is 16.6 Å². The highest BCUT2D eigenvalue weighted by atomic mass is 79.9. The summed E-state index contributed by atoms with van der Waals surface area (Å²) in [4.78, 5) is 0. The average molecular weight is 281 g/mol. The fourth-order valence-electron chi connectivity index (χ4n) is 1.17. The van der Waals surface area contributed by atoms with Crippen LogP contribution in [0.2, 0.25) is 5.02 Å². The van der Waals surface area contributed by atoms with Gasteiger partial charge in [0.15, 0.2) is 0 Å². The van der Waals surface area contributed by atoms with Crippen LogP contribution in [0.1, 0.15) is 18.9 Å². The molecular formula is C10H12BrClFN. The number of halogens is 3. The lowest BCUT2D eigenvalue weighted by Crippen LogP contribution is -2.15. The summed E-state index contributed by atoms with van der Waals surface area (Å²) in [7, 11) is 0. The fraction of sp³-hybridized carbons (Fsp3) is 0.400. The van der Waals surface area contributed by atoms with Gasteiger partial charge in [0.05, 0.1) is 5.02 Å². The number of nitrogens with two attached hydrogens (primary N) is 1. The van der Waals surface area contributed by atoms with E-state index in [4.69, 9.17) is 17.3 Å². The first-order valence-electron chi connectivity index (χ1n) is 4.40. The molecule has 1 atom stereocenters. The molecule has 0 amide bonds. The van der Waals surface area contributed by atoms with E-state index >= 15 is 0 Å². The van der Waals surface area contributed by atoms with Gasteiger partial charge in [-0.25, -0.2) is 4.39 Å². The molecule has 4 heteroatoms. The molecule has 0 saturated heterocycles. The summed E-state index contributed by atoms with van der Waals surface area (Å²) < 4.78 is 14.3. The molecule has 1 unspecified atom stereocenters. The van der Waals surface area contributed by atoms with Gasteiger partial charge in [-0.05, 0) is 31.9 Å². The van der Waals surface area contributed by atoms with Gasteiger partial charge >= 0.3 is 0 Å². The highest BCUT2D eigenvalue weighted by Crippen LogP contribution is 2.27. The highest BCUT2D eigenvalue weighted by Gasteiger charge is 2.11. The summed E-state index contributed by atoms with van der Waals surface area (Å²) in [6, 6.07) is 3.36. The van der Waals surface area contributed by atoms with Crippen molar-refractivity contribution < 1.29 is 4.39 Å². The van der Waals surface area contributed by atoms with Gasteiger partial charge < -0.3 is 5.73 Å². The Morgan fingerprint density at radius 3 is 2.79 bits per heavy atom. The van der Waals surface area contributed by atoms with Crippen molar-refractivity contribution in [3.63, 3.8) is 0 Å². The van der Waals surface area contributed by atoms with E-state index in [0.717, 1.165) is 10.9 Å². The predicted molar refractivity (Wildman–Crippen MR) is 61.1 cm³/mol. The normalized spacial score (nSPS) is 12.9. The number of hydrogen-bond donors (Lipinski definition) is 1. The molecule has 0 spiro atoms. The van der Waals surface area contributed by atoms with E-state index in [9.17, 15) is 4.39 Å². The van der Waals surface area contributed by atoms with Gasteiger partial charge in [-0.1, -0.05) is 27.5 Å². The maximum absolute atomic E-state index is 13.5. The molecular weight excluding hydrogens is 268 g/mol. The minimum Gasteiger partial charge on any atom is -0.328 e. The third-order valence-electron chi connectivity index (χ3n) is 1.99. The molecule has 1 aromatic rings. The van der Waals surface area contributed by atoms with Crippen molar-refractivity contribution >= 4 is 27.5 Å². The van der Waals surface area contributed by atoms with Crippen LogP contribution in [-0.4, -0.2) is 6.04 Å². The minimum absolute atomic E-state index is 0.0697. The molecule has 0 aromatic heterocycles. The van der Waals surface area contributed by atoms with E-state index in [1.807, 2.05) is 6.92 Å². The van der Waals surface area contributed by atoms with E-state index < -0.39 is 0 Å². The number of benzene rings is 1. The first kappa shape index (κ1) is 12.0. The first-order chi connectivity index (χ1) is 6.52. The van der Waals surface area contributed by atoms with Crippen LogP contribution < -0.4 is 5.73 Å². The summed E-state index contributed by atoms with van der Waals surface area (Å²) in [6.45, 7) is 1.90. The van der Waals surface area contributed by atoms with E-state index in [0.29, 0.717) is 12.0 Å². The van der Waals surface area contributed by atoms with Crippen molar-refractivity contribution in [2.45, 2.75) is 25.8 Å². The predicted octanol–water partition coefficient (Wildman–Crippen LogP) is 3.52. The van der Waals surface area contributed by atoms with Crippen LogP contribution in [0.5, 0.6) is 0 Å². The summed E-state index contributed by atoms with van der Waals surface area (Å²) >= 11 is 8.97. The van der Waals surface area contributed by atoms with Gasteiger partial charge in [-0.15, -0.1) is 0 Å². The zero-order chi connectivity index (χ0) is 10.7. The Labute approximate surface area is 96.6 Å². The molecule has 0 aliphatic heterocycles. The Bertz CT molecular complexity index is 328. The maximum atomic E-state index is 13.5. The standard InChI is InChI=1S/C10H12BrClFN/c1-6(14)2-3-7-8(11)4-5-9(12)10(7)13/h4-6H,2-3,14H2,1H3.